The standard InChI is InChI=1S/C19H15BrN2O3/c20-16-11-15(12-21-22-19(23)18-7-4-10-24-18)8-9-17(16)25-13-14-5-2-1-3-6-14/h1-12H,13H2,(H,22,23)/b21-12-. The first-order valence-corrected chi connectivity index (χ1v) is 8.35. The van der Waals surface area contributed by atoms with E-state index in [1.165, 1.54) is 6.26 Å². The second-order valence-corrected chi connectivity index (χ2v) is 5.99. The van der Waals surface area contributed by atoms with Crippen molar-refractivity contribution in [2.45, 2.75) is 6.61 Å². The molecule has 2 aromatic carbocycles. The number of carbonyl (C=O) groups excluding carboxylic acids is 1. The molecule has 1 aromatic heterocycles. The van der Waals surface area contributed by atoms with Gasteiger partial charge in [-0.2, -0.15) is 5.10 Å². The van der Waals surface area contributed by atoms with Gasteiger partial charge in [-0.3, -0.25) is 4.79 Å². The van der Waals surface area contributed by atoms with Gasteiger partial charge >= 0.3 is 5.91 Å². The van der Waals surface area contributed by atoms with E-state index >= 15 is 0 Å². The molecule has 5 nitrogen and oxygen atoms in total. The summed E-state index contributed by atoms with van der Waals surface area (Å²) in [6.07, 6.45) is 2.98. The van der Waals surface area contributed by atoms with E-state index in [2.05, 4.69) is 26.5 Å². The molecule has 0 saturated heterocycles. The van der Waals surface area contributed by atoms with Crippen molar-refractivity contribution < 1.29 is 13.9 Å². The van der Waals surface area contributed by atoms with Crippen molar-refractivity contribution in [3.8, 4) is 5.75 Å². The van der Waals surface area contributed by atoms with Gasteiger partial charge in [0.2, 0.25) is 0 Å². The van der Waals surface area contributed by atoms with Crippen LogP contribution >= 0.6 is 15.9 Å². The van der Waals surface area contributed by atoms with E-state index in [1.54, 1.807) is 18.3 Å². The molecule has 126 valence electrons. The highest BCUT2D eigenvalue weighted by Gasteiger charge is 2.06. The van der Waals surface area contributed by atoms with Gasteiger partial charge < -0.3 is 9.15 Å². The highest BCUT2D eigenvalue weighted by Crippen LogP contribution is 2.26. The first-order valence-electron chi connectivity index (χ1n) is 7.55. The molecule has 6 heteroatoms. The Hall–Kier alpha value is -2.86. The maximum absolute atomic E-state index is 11.7. The number of hydrogen-bond donors (Lipinski definition) is 1. The van der Waals surface area contributed by atoms with Crippen molar-refractivity contribution in [2.24, 2.45) is 5.10 Å². The Morgan fingerprint density at radius 3 is 2.72 bits per heavy atom. The minimum absolute atomic E-state index is 0.211. The topological polar surface area (TPSA) is 63.8 Å². The predicted molar refractivity (Wildman–Crippen MR) is 98.7 cm³/mol. The van der Waals surface area contributed by atoms with Crippen molar-refractivity contribution in [3.63, 3.8) is 0 Å². The maximum atomic E-state index is 11.7. The number of hydrogen-bond acceptors (Lipinski definition) is 4. The molecular weight excluding hydrogens is 384 g/mol. The van der Waals surface area contributed by atoms with E-state index in [9.17, 15) is 4.79 Å². The smallest absolute Gasteiger partial charge is 0.307 e. The molecule has 0 bridgehead atoms. The first kappa shape index (κ1) is 17.0. The van der Waals surface area contributed by atoms with Crippen LogP contribution in [0.25, 0.3) is 0 Å². The van der Waals surface area contributed by atoms with Crippen molar-refractivity contribution in [1.29, 1.82) is 0 Å². The fraction of sp³-hybridized carbons (Fsp3) is 0.0526. The normalized spacial score (nSPS) is 10.8. The largest absolute Gasteiger partial charge is 0.488 e. The summed E-state index contributed by atoms with van der Waals surface area (Å²) in [6, 6.07) is 18.7. The third-order valence-electron chi connectivity index (χ3n) is 3.32. The number of carbonyl (C=O) groups is 1. The van der Waals surface area contributed by atoms with Crippen LogP contribution in [0.4, 0.5) is 0 Å². The van der Waals surface area contributed by atoms with E-state index in [4.69, 9.17) is 9.15 Å². The Bertz CT molecular complexity index is 862. The monoisotopic (exact) mass is 398 g/mol. The molecule has 0 aliphatic rings. The van der Waals surface area contributed by atoms with Gasteiger partial charge in [0.05, 0.1) is 17.0 Å². The average molecular weight is 399 g/mol. The van der Waals surface area contributed by atoms with E-state index in [0.29, 0.717) is 6.61 Å². The minimum Gasteiger partial charge on any atom is -0.488 e. The van der Waals surface area contributed by atoms with Crippen LogP contribution in [0.5, 0.6) is 5.75 Å². The molecule has 0 aliphatic carbocycles. The Labute approximate surface area is 153 Å². The van der Waals surface area contributed by atoms with Gasteiger partial charge in [-0.15, -0.1) is 0 Å². The first-order chi connectivity index (χ1) is 12.2. The summed E-state index contributed by atoms with van der Waals surface area (Å²) in [7, 11) is 0. The molecule has 0 aliphatic heterocycles. The zero-order chi connectivity index (χ0) is 17.5. The molecule has 0 unspecified atom stereocenters. The maximum Gasteiger partial charge on any atom is 0.307 e. The van der Waals surface area contributed by atoms with Crippen LogP contribution in [0.15, 0.2) is 80.9 Å². The Kier molecular flexibility index (Phi) is 5.64. The van der Waals surface area contributed by atoms with Gasteiger partial charge in [-0.1, -0.05) is 30.3 Å². The lowest BCUT2D eigenvalue weighted by Gasteiger charge is -2.08. The molecule has 0 saturated carbocycles. The summed E-state index contributed by atoms with van der Waals surface area (Å²) in [6.45, 7) is 0.492. The molecule has 1 heterocycles. The second-order valence-electron chi connectivity index (χ2n) is 5.14. The van der Waals surface area contributed by atoms with E-state index in [-0.39, 0.29) is 5.76 Å². The Morgan fingerprint density at radius 2 is 2.00 bits per heavy atom. The SMILES string of the molecule is O=C(N/N=C\c1ccc(OCc2ccccc2)c(Br)c1)c1ccco1. The number of nitrogens with zero attached hydrogens (tertiary/aromatic N) is 1. The number of nitrogens with one attached hydrogen (secondary N) is 1. The van der Waals surface area contributed by atoms with Gasteiger partial charge in [-0.25, -0.2) is 5.43 Å². The van der Waals surface area contributed by atoms with Crippen molar-refractivity contribution in [1.82, 2.24) is 5.43 Å². The van der Waals surface area contributed by atoms with Crippen LogP contribution in [0.1, 0.15) is 21.7 Å². The predicted octanol–water partition coefficient (Wildman–Crippen LogP) is 4.39. The van der Waals surface area contributed by atoms with Crippen LogP contribution in [0.3, 0.4) is 0 Å². The lowest BCUT2D eigenvalue weighted by Crippen LogP contribution is -2.16. The summed E-state index contributed by atoms with van der Waals surface area (Å²) in [5.74, 6) is 0.548. The lowest BCUT2D eigenvalue weighted by atomic mass is 10.2. The third kappa shape index (κ3) is 4.81. The second kappa shape index (κ2) is 8.30. The van der Waals surface area contributed by atoms with Crippen molar-refractivity contribution in [3.05, 3.63) is 88.3 Å². The number of halogens is 1. The fourth-order valence-electron chi connectivity index (χ4n) is 2.08. The van der Waals surface area contributed by atoms with Gasteiger partial charge in [0, 0.05) is 0 Å². The van der Waals surface area contributed by atoms with Gasteiger partial charge in [0.1, 0.15) is 12.4 Å². The van der Waals surface area contributed by atoms with Gasteiger partial charge in [-0.05, 0) is 57.4 Å². The molecule has 1 N–H and O–H groups in total. The Balaban J connectivity index is 1.57. The molecule has 1 amide bonds. The molecule has 0 spiro atoms. The van der Waals surface area contributed by atoms with Crippen molar-refractivity contribution >= 4 is 28.1 Å². The van der Waals surface area contributed by atoms with Crippen LogP contribution in [0.2, 0.25) is 0 Å². The van der Waals surface area contributed by atoms with E-state index in [1.807, 2.05) is 48.5 Å². The highest BCUT2D eigenvalue weighted by molar-refractivity contribution is 9.10. The molecule has 0 radical (unpaired) electrons. The lowest BCUT2D eigenvalue weighted by molar-refractivity contribution is 0.0927. The minimum atomic E-state index is -0.400. The van der Waals surface area contributed by atoms with Crippen LogP contribution in [-0.4, -0.2) is 12.1 Å². The summed E-state index contributed by atoms with van der Waals surface area (Å²) < 4.78 is 11.6. The number of ether oxygens (including phenoxy) is 1. The molecule has 25 heavy (non-hydrogen) atoms. The molecular formula is C19H15BrN2O3. The zero-order valence-electron chi connectivity index (χ0n) is 13.2. The van der Waals surface area contributed by atoms with Gasteiger partial charge in [0.15, 0.2) is 5.76 Å². The van der Waals surface area contributed by atoms with Crippen LogP contribution in [0, 0.1) is 0 Å². The quantitative estimate of drug-likeness (QED) is 0.494. The third-order valence-corrected chi connectivity index (χ3v) is 3.94. The molecule has 3 aromatic rings. The number of hydrazone groups is 1. The van der Waals surface area contributed by atoms with E-state index < -0.39 is 5.91 Å². The fourth-order valence-corrected chi connectivity index (χ4v) is 2.59. The number of rotatable bonds is 6. The number of benzene rings is 2. The summed E-state index contributed by atoms with van der Waals surface area (Å²) in [4.78, 5) is 11.7. The highest BCUT2D eigenvalue weighted by atomic mass is 79.9. The van der Waals surface area contributed by atoms with Gasteiger partial charge in [0.25, 0.3) is 0 Å². The van der Waals surface area contributed by atoms with E-state index in [0.717, 1.165) is 21.3 Å². The zero-order valence-corrected chi connectivity index (χ0v) is 14.8. The average Bonchev–Trinajstić information content (AvgIpc) is 3.16. The van der Waals surface area contributed by atoms with Crippen LogP contribution in [-0.2, 0) is 6.61 Å². The number of amides is 1. The molecule has 0 atom stereocenters. The Morgan fingerprint density at radius 1 is 1.16 bits per heavy atom. The summed E-state index contributed by atoms with van der Waals surface area (Å²) >= 11 is 3.48. The summed E-state index contributed by atoms with van der Waals surface area (Å²) in [5, 5.41) is 3.92. The molecule has 3 rings (SSSR count). The van der Waals surface area contributed by atoms with Crippen molar-refractivity contribution in [2.75, 3.05) is 0 Å². The molecule has 0 fully saturated rings. The summed E-state index contributed by atoms with van der Waals surface area (Å²) in [5.41, 5.74) is 4.32. The number of furan rings is 1. The van der Waals surface area contributed by atoms with Crippen LogP contribution < -0.4 is 10.2 Å².